The molecule has 0 aromatic heterocycles. The smallest absolute Gasteiger partial charge is 0.0568 e. The van der Waals surface area contributed by atoms with Crippen molar-refractivity contribution in [3.8, 4) is 0 Å². The van der Waals surface area contributed by atoms with Crippen LogP contribution in [0.5, 0.6) is 0 Å². The number of benzene rings is 1. The molecule has 4 heteroatoms. The zero-order valence-electron chi connectivity index (χ0n) is 9.32. The van der Waals surface area contributed by atoms with Crippen LogP contribution < -0.4 is 16.8 Å². The summed E-state index contributed by atoms with van der Waals surface area (Å²) in [7, 11) is 0. The number of nitrogens with two attached hydrogens (primary N) is 2. The van der Waals surface area contributed by atoms with Crippen molar-refractivity contribution in [3.63, 3.8) is 0 Å². The molecule has 0 heterocycles. The SMILES string of the molecule is Nc1ccc(NC2CCCC2CO)cc1N. The molecule has 2 unspecified atom stereocenters. The zero-order chi connectivity index (χ0) is 11.5. The van der Waals surface area contributed by atoms with Gasteiger partial charge in [0.2, 0.25) is 0 Å². The van der Waals surface area contributed by atoms with Crippen LogP contribution in [-0.2, 0) is 0 Å². The van der Waals surface area contributed by atoms with Crippen molar-refractivity contribution in [1.29, 1.82) is 0 Å². The summed E-state index contributed by atoms with van der Waals surface area (Å²) in [4.78, 5) is 0. The van der Waals surface area contributed by atoms with Gasteiger partial charge in [-0.3, -0.25) is 0 Å². The molecule has 4 nitrogen and oxygen atoms in total. The molecule has 1 aliphatic rings. The maximum absolute atomic E-state index is 9.23. The van der Waals surface area contributed by atoms with Gasteiger partial charge in [-0.25, -0.2) is 0 Å². The molecule has 2 atom stereocenters. The van der Waals surface area contributed by atoms with Crippen LogP contribution in [0.25, 0.3) is 0 Å². The first-order valence-electron chi connectivity index (χ1n) is 5.73. The highest BCUT2D eigenvalue weighted by molar-refractivity contribution is 5.69. The predicted molar refractivity (Wildman–Crippen MR) is 67.1 cm³/mol. The summed E-state index contributed by atoms with van der Waals surface area (Å²) >= 11 is 0. The summed E-state index contributed by atoms with van der Waals surface area (Å²) in [6.45, 7) is 0.252. The Morgan fingerprint density at radius 3 is 2.75 bits per heavy atom. The van der Waals surface area contributed by atoms with Gasteiger partial charge in [-0.05, 0) is 31.0 Å². The second kappa shape index (κ2) is 4.61. The van der Waals surface area contributed by atoms with Gasteiger partial charge in [0.15, 0.2) is 0 Å². The monoisotopic (exact) mass is 221 g/mol. The van der Waals surface area contributed by atoms with Crippen molar-refractivity contribution < 1.29 is 5.11 Å². The highest BCUT2D eigenvalue weighted by Crippen LogP contribution is 2.29. The highest BCUT2D eigenvalue weighted by atomic mass is 16.3. The number of rotatable bonds is 3. The number of hydrogen-bond donors (Lipinski definition) is 4. The first kappa shape index (κ1) is 11.1. The summed E-state index contributed by atoms with van der Waals surface area (Å²) in [6.07, 6.45) is 3.38. The third-order valence-corrected chi connectivity index (χ3v) is 3.33. The van der Waals surface area contributed by atoms with E-state index in [1.165, 1.54) is 6.42 Å². The molecule has 1 aromatic carbocycles. The number of nitrogens with one attached hydrogen (secondary N) is 1. The molecule has 1 aliphatic carbocycles. The zero-order valence-corrected chi connectivity index (χ0v) is 9.32. The lowest BCUT2D eigenvalue weighted by Gasteiger charge is -2.20. The number of aliphatic hydroxyl groups excluding tert-OH is 1. The molecule has 0 aliphatic heterocycles. The molecule has 1 fully saturated rings. The van der Waals surface area contributed by atoms with E-state index in [2.05, 4.69) is 5.32 Å². The Morgan fingerprint density at radius 2 is 2.06 bits per heavy atom. The van der Waals surface area contributed by atoms with E-state index >= 15 is 0 Å². The molecule has 0 amide bonds. The van der Waals surface area contributed by atoms with Crippen LogP contribution in [-0.4, -0.2) is 17.8 Å². The van der Waals surface area contributed by atoms with E-state index in [-0.39, 0.29) is 6.61 Å². The van der Waals surface area contributed by atoms with E-state index in [1.807, 2.05) is 12.1 Å². The molecule has 2 rings (SSSR count). The summed E-state index contributed by atoms with van der Waals surface area (Å²) in [5.41, 5.74) is 13.6. The Balaban J connectivity index is 2.05. The van der Waals surface area contributed by atoms with Crippen molar-refractivity contribution in [3.05, 3.63) is 18.2 Å². The molecule has 1 aromatic rings. The van der Waals surface area contributed by atoms with Crippen LogP contribution in [0.4, 0.5) is 17.1 Å². The standard InChI is InChI=1S/C12H19N3O/c13-10-5-4-9(6-11(10)14)15-12-3-1-2-8(12)7-16/h4-6,8,12,15-16H,1-3,7,13-14H2. The van der Waals surface area contributed by atoms with E-state index in [9.17, 15) is 5.11 Å². The van der Waals surface area contributed by atoms with Crippen molar-refractivity contribution >= 4 is 17.1 Å². The average Bonchev–Trinajstić information content (AvgIpc) is 2.71. The molecule has 0 bridgehead atoms. The quantitative estimate of drug-likeness (QED) is 0.582. The van der Waals surface area contributed by atoms with Crippen molar-refractivity contribution in [2.75, 3.05) is 23.4 Å². The lowest BCUT2D eigenvalue weighted by atomic mass is 10.0. The summed E-state index contributed by atoms with van der Waals surface area (Å²) in [5, 5.41) is 12.6. The Morgan fingerprint density at radius 1 is 1.25 bits per heavy atom. The van der Waals surface area contributed by atoms with Gasteiger partial charge in [-0.1, -0.05) is 6.42 Å². The lowest BCUT2D eigenvalue weighted by Crippen LogP contribution is -2.26. The predicted octanol–water partition coefficient (Wildman–Crippen LogP) is 1.42. The minimum Gasteiger partial charge on any atom is -0.397 e. The topological polar surface area (TPSA) is 84.3 Å². The first-order chi connectivity index (χ1) is 7.70. The van der Waals surface area contributed by atoms with E-state index in [1.54, 1.807) is 6.07 Å². The number of aliphatic hydroxyl groups is 1. The lowest BCUT2D eigenvalue weighted by molar-refractivity contribution is 0.222. The summed E-state index contributed by atoms with van der Waals surface area (Å²) < 4.78 is 0. The molecule has 0 spiro atoms. The Bertz CT molecular complexity index is 367. The normalized spacial score (nSPS) is 24.6. The maximum Gasteiger partial charge on any atom is 0.0568 e. The molecule has 88 valence electrons. The van der Waals surface area contributed by atoms with Gasteiger partial charge in [-0.15, -0.1) is 0 Å². The highest BCUT2D eigenvalue weighted by Gasteiger charge is 2.26. The molecular formula is C12H19N3O. The third kappa shape index (κ3) is 2.22. The van der Waals surface area contributed by atoms with Gasteiger partial charge in [-0.2, -0.15) is 0 Å². The van der Waals surface area contributed by atoms with Crippen LogP contribution in [0, 0.1) is 5.92 Å². The summed E-state index contributed by atoms with van der Waals surface area (Å²) in [6, 6.07) is 5.94. The van der Waals surface area contributed by atoms with Gasteiger partial charge in [0.25, 0.3) is 0 Å². The fourth-order valence-corrected chi connectivity index (χ4v) is 2.32. The number of anilines is 3. The second-order valence-electron chi connectivity index (χ2n) is 4.47. The average molecular weight is 221 g/mol. The van der Waals surface area contributed by atoms with E-state index in [0.717, 1.165) is 18.5 Å². The fraction of sp³-hybridized carbons (Fsp3) is 0.500. The summed E-state index contributed by atoms with van der Waals surface area (Å²) in [5.74, 6) is 0.360. The van der Waals surface area contributed by atoms with Crippen LogP contribution in [0.3, 0.4) is 0 Å². The Kier molecular flexibility index (Phi) is 3.19. The molecular weight excluding hydrogens is 202 g/mol. The second-order valence-corrected chi connectivity index (χ2v) is 4.47. The van der Waals surface area contributed by atoms with Crippen molar-refractivity contribution in [2.45, 2.75) is 25.3 Å². The van der Waals surface area contributed by atoms with Crippen LogP contribution in [0.15, 0.2) is 18.2 Å². The van der Waals surface area contributed by atoms with Crippen molar-refractivity contribution in [2.24, 2.45) is 5.92 Å². The molecule has 16 heavy (non-hydrogen) atoms. The molecule has 6 N–H and O–H groups in total. The minimum atomic E-state index is 0.252. The van der Waals surface area contributed by atoms with E-state index in [0.29, 0.717) is 23.3 Å². The van der Waals surface area contributed by atoms with Crippen LogP contribution in [0.2, 0.25) is 0 Å². The fourth-order valence-electron chi connectivity index (χ4n) is 2.32. The first-order valence-corrected chi connectivity index (χ1v) is 5.73. The molecule has 0 saturated heterocycles. The number of nitrogen functional groups attached to an aromatic ring is 2. The van der Waals surface area contributed by atoms with Crippen LogP contribution in [0.1, 0.15) is 19.3 Å². The molecule has 0 radical (unpaired) electrons. The van der Waals surface area contributed by atoms with Gasteiger partial charge < -0.3 is 21.9 Å². The third-order valence-electron chi connectivity index (χ3n) is 3.33. The Labute approximate surface area is 95.6 Å². The van der Waals surface area contributed by atoms with Gasteiger partial charge >= 0.3 is 0 Å². The van der Waals surface area contributed by atoms with Gasteiger partial charge in [0, 0.05) is 24.3 Å². The van der Waals surface area contributed by atoms with Crippen LogP contribution >= 0.6 is 0 Å². The van der Waals surface area contributed by atoms with Gasteiger partial charge in [0.1, 0.15) is 0 Å². The molecule has 1 saturated carbocycles. The Hall–Kier alpha value is -1.42. The van der Waals surface area contributed by atoms with E-state index in [4.69, 9.17) is 11.5 Å². The largest absolute Gasteiger partial charge is 0.397 e. The van der Waals surface area contributed by atoms with Gasteiger partial charge in [0.05, 0.1) is 11.4 Å². The van der Waals surface area contributed by atoms with Crippen molar-refractivity contribution in [1.82, 2.24) is 0 Å². The van der Waals surface area contributed by atoms with E-state index < -0.39 is 0 Å². The maximum atomic E-state index is 9.23. The minimum absolute atomic E-state index is 0.252. The number of hydrogen-bond acceptors (Lipinski definition) is 4.